The lowest BCUT2D eigenvalue weighted by Crippen LogP contribution is -2.71. The van der Waals surface area contributed by atoms with E-state index in [0.717, 1.165) is 16.9 Å². The molecule has 3 aliphatic rings. The monoisotopic (exact) mass is 585 g/mol. The van der Waals surface area contributed by atoms with Gasteiger partial charge in [0.15, 0.2) is 10.8 Å². The number of aromatic nitrogens is 1. The van der Waals surface area contributed by atoms with E-state index in [9.17, 15) is 19.6 Å². The molecule has 0 radical (unpaired) electrons. The van der Waals surface area contributed by atoms with Crippen LogP contribution in [0.1, 0.15) is 32.9 Å². The highest BCUT2D eigenvalue weighted by molar-refractivity contribution is 8.00. The largest absolute Gasteiger partial charge is 0.445 e. The normalized spacial score (nSPS) is 23.6. The van der Waals surface area contributed by atoms with E-state index in [4.69, 9.17) is 36.9 Å². The van der Waals surface area contributed by atoms with Crippen LogP contribution < -0.4 is 11.1 Å². The number of oxime groups is 1. The second-order valence-electron chi connectivity index (χ2n) is 9.55. The number of carbonyl (C=O) groups is 3. The van der Waals surface area contributed by atoms with E-state index in [0.29, 0.717) is 24.5 Å². The Morgan fingerprint density at radius 2 is 2.16 bits per heavy atom. The number of thioether (sulfide) groups is 1. The van der Waals surface area contributed by atoms with Crippen LogP contribution in [0.3, 0.4) is 0 Å². The first-order chi connectivity index (χ1) is 18.0. The zero-order chi connectivity index (χ0) is 27.6. The minimum absolute atomic E-state index is 0.0143. The van der Waals surface area contributed by atoms with Crippen molar-refractivity contribution in [3.8, 4) is 0 Å². The Morgan fingerprint density at radius 1 is 1.39 bits per heavy atom. The molecule has 3 atom stereocenters. The second kappa shape index (κ2) is 11.5. The van der Waals surface area contributed by atoms with E-state index >= 15 is 0 Å². The Labute approximate surface area is 231 Å². The lowest BCUT2D eigenvalue weighted by atomic mass is 9.98. The molecule has 206 valence electrons. The van der Waals surface area contributed by atoms with Gasteiger partial charge in [-0.15, -0.1) is 23.1 Å². The van der Waals surface area contributed by atoms with Gasteiger partial charge in [-0.1, -0.05) is 5.16 Å². The molecule has 2 saturated heterocycles. The summed E-state index contributed by atoms with van der Waals surface area (Å²) in [6.07, 6.45) is 0.243. The van der Waals surface area contributed by atoms with Crippen molar-refractivity contribution in [2.24, 2.45) is 10.6 Å². The van der Waals surface area contributed by atoms with E-state index in [2.05, 4.69) is 15.5 Å². The summed E-state index contributed by atoms with van der Waals surface area (Å²) in [7, 11) is 0. The van der Waals surface area contributed by atoms with E-state index in [1.54, 1.807) is 20.8 Å². The Bertz CT molecular complexity index is 1190. The van der Waals surface area contributed by atoms with Gasteiger partial charge in [0.1, 0.15) is 23.9 Å². The Balaban J connectivity index is 1.49. The summed E-state index contributed by atoms with van der Waals surface area (Å²) >= 11 is 8.01. The van der Waals surface area contributed by atoms with Crippen molar-refractivity contribution in [2.45, 2.75) is 44.7 Å². The topological polar surface area (TPSA) is 175 Å². The fourth-order valence-corrected chi connectivity index (χ4v) is 6.03. The summed E-state index contributed by atoms with van der Waals surface area (Å²) in [5.74, 6) is -1.20. The molecule has 2 fully saturated rings. The number of thiocarbonyl (C=S) groups is 1. The Morgan fingerprint density at radius 3 is 2.76 bits per heavy atom. The average molecular weight is 586 g/mol. The fraction of sp³-hybridized carbons (Fsp3) is 0.545. The van der Waals surface area contributed by atoms with Crippen LogP contribution in [0.25, 0.3) is 0 Å². The quantitative estimate of drug-likeness (QED) is 0.0758. The molecule has 0 saturated carbocycles. The van der Waals surface area contributed by atoms with Crippen LogP contribution in [-0.4, -0.2) is 87.1 Å². The summed E-state index contributed by atoms with van der Waals surface area (Å²) in [6.45, 7) is 5.31. The summed E-state index contributed by atoms with van der Waals surface area (Å²) < 4.78 is 21.6. The van der Waals surface area contributed by atoms with Gasteiger partial charge >= 0.3 is 5.97 Å². The number of anilines is 1. The molecular weight excluding hydrogens is 558 g/mol. The van der Waals surface area contributed by atoms with Crippen molar-refractivity contribution in [3.63, 3.8) is 0 Å². The molecule has 2 amide bonds. The molecular formula is C22H27N5O8S3. The van der Waals surface area contributed by atoms with Crippen LogP contribution in [0.4, 0.5) is 5.13 Å². The van der Waals surface area contributed by atoms with Gasteiger partial charge in [0.05, 0.1) is 23.8 Å². The molecule has 0 aromatic carbocycles. The maximum Gasteiger partial charge on any atom is 0.314 e. The number of thiazole rings is 1. The third kappa shape index (κ3) is 5.93. The van der Waals surface area contributed by atoms with Crippen molar-refractivity contribution in [2.75, 3.05) is 31.7 Å². The van der Waals surface area contributed by atoms with Gasteiger partial charge in [-0.05, 0) is 38.6 Å². The number of nitrogens with two attached hydrogens (primary N) is 1. The van der Waals surface area contributed by atoms with Gasteiger partial charge in [-0.2, -0.15) is 0 Å². The number of fused-ring (bicyclic) bond motifs is 1. The van der Waals surface area contributed by atoms with Crippen LogP contribution in [-0.2, 0) is 33.3 Å². The van der Waals surface area contributed by atoms with Gasteiger partial charge in [0, 0.05) is 17.6 Å². The molecule has 1 aromatic rings. The van der Waals surface area contributed by atoms with Crippen LogP contribution in [0.15, 0.2) is 21.8 Å². The standard InChI is InChI=1S/C22H27N5O8S3/c1-22(2,3)20(30)35-9-34-19(36)15-10(4-11-5-32-8-33-11)6-37-18-14(17(29)27(15)18)25-16(28)13(26-31)12-7-38-21(23)24-12/h7,11,14,18,31H,4-6,8-9H2,1-3H3,(H2,23,24)(H,25,28)/b26-13+/t11?,14?,18-/m1/s1. The number of amides is 2. The third-order valence-corrected chi connectivity index (χ3v) is 8.09. The molecule has 4 N–H and O–H groups in total. The summed E-state index contributed by atoms with van der Waals surface area (Å²) in [4.78, 5) is 43.6. The van der Waals surface area contributed by atoms with Crippen molar-refractivity contribution in [1.29, 1.82) is 0 Å². The number of nitrogens with zero attached hydrogens (tertiary/aromatic N) is 3. The highest BCUT2D eigenvalue weighted by Crippen LogP contribution is 2.42. The minimum Gasteiger partial charge on any atom is -0.445 e. The molecule has 0 spiro atoms. The van der Waals surface area contributed by atoms with E-state index in [1.165, 1.54) is 22.0 Å². The number of ether oxygens (including phenoxy) is 4. The maximum absolute atomic E-state index is 13.3. The molecule has 2 unspecified atom stereocenters. The minimum atomic E-state index is -0.913. The number of hydrogen-bond acceptors (Lipinski definition) is 14. The van der Waals surface area contributed by atoms with Crippen molar-refractivity contribution in [3.05, 3.63) is 22.3 Å². The summed E-state index contributed by atoms with van der Waals surface area (Å²) in [5, 5.41) is 16.2. The lowest BCUT2D eigenvalue weighted by molar-refractivity contribution is -0.160. The van der Waals surface area contributed by atoms with Gasteiger partial charge in [-0.25, -0.2) is 4.98 Å². The summed E-state index contributed by atoms with van der Waals surface area (Å²) in [6, 6.07) is -0.913. The van der Waals surface area contributed by atoms with Crippen molar-refractivity contribution >= 4 is 69.0 Å². The number of β-lactam (4-membered cyclic amide) rings is 1. The van der Waals surface area contributed by atoms with Crippen molar-refractivity contribution in [1.82, 2.24) is 15.2 Å². The van der Waals surface area contributed by atoms with Crippen LogP contribution >= 0.6 is 35.3 Å². The van der Waals surface area contributed by atoms with Crippen LogP contribution in [0.5, 0.6) is 0 Å². The van der Waals surface area contributed by atoms with Gasteiger partial charge in [-0.3, -0.25) is 19.3 Å². The number of esters is 1. The second-order valence-corrected chi connectivity index (χ2v) is 11.9. The third-order valence-electron chi connectivity index (χ3n) is 5.76. The zero-order valence-corrected chi connectivity index (χ0v) is 23.2. The van der Waals surface area contributed by atoms with Crippen molar-refractivity contribution < 1.29 is 38.5 Å². The average Bonchev–Trinajstić information content (AvgIpc) is 3.53. The van der Waals surface area contributed by atoms with E-state index in [-0.39, 0.29) is 34.5 Å². The van der Waals surface area contributed by atoms with Crippen LogP contribution in [0.2, 0.25) is 0 Å². The predicted octanol–water partition coefficient (Wildman–Crippen LogP) is 1.21. The molecule has 16 heteroatoms. The first-order valence-electron chi connectivity index (χ1n) is 11.5. The predicted molar refractivity (Wildman–Crippen MR) is 141 cm³/mol. The molecule has 4 rings (SSSR count). The number of rotatable bonds is 8. The highest BCUT2D eigenvalue weighted by Gasteiger charge is 2.54. The van der Waals surface area contributed by atoms with Gasteiger partial charge in [0.2, 0.25) is 11.8 Å². The van der Waals surface area contributed by atoms with E-state index < -0.39 is 41.4 Å². The zero-order valence-electron chi connectivity index (χ0n) is 20.8. The smallest absolute Gasteiger partial charge is 0.314 e. The Kier molecular flexibility index (Phi) is 8.56. The first-order valence-corrected chi connectivity index (χ1v) is 13.8. The molecule has 0 aliphatic carbocycles. The highest BCUT2D eigenvalue weighted by atomic mass is 32.2. The molecule has 1 aromatic heterocycles. The number of nitrogens with one attached hydrogen (secondary N) is 1. The number of nitrogen functional groups attached to an aromatic ring is 1. The number of hydrogen-bond donors (Lipinski definition) is 3. The van der Waals surface area contributed by atoms with Gasteiger partial charge in [0.25, 0.3) is 11.8 Å². The SMILES string of the molecule is CC(C)(C)C(=O)OCOC(=S)C1=C(CC2COCO2)CS[C@@H]2C(NC(=O)/C(=N/O)c3csc(N)n3)C(=O)N12. The lowest BCUT2D eigenvalue weighted by Gasteiger charge is -2.50. The molecule has 0 bridgehead atoms. The van der Waals surface area contributed by atoms with Crippen LogP contribution in [0, 0.1) is 5.41 Å². The first kappa shape index (κ1) is 28.2. The number of carbonyl (C=O) groups excluding carboxylic acids is 3. The Hall–Kier alpha value is -2.79. The fourth-order valence-electron chi connectivity index (χ4n) is 3.83. The molecule has 4 heterocycles. The maximum atomic E-state index is 13.3. The molecule has 13 nitrogen and oxygen atoms in total. The summed E-state index contributed by atoms with van der Waals surface area (Å²) in [5.41, 5.74) is 5.80. The molecule has 38 heavy (non-hydrogen) atoms. The van der Waals surface area contributed by atoms with E-state index in [1.807, 2.05) is 0 Å². The molecule has 3 aliphatic heterocycles. The van der Waals surface area contributed by atoms with Gasteiger partial charge < -0.3 is 35.2 Å².